The monoisotopic (exact) mass is 379 g/mol. The molecule has 1 saturated carbocycles. The molecule has 0 saturated heterocycles. The van der Waals surface area contributed by atoms with Crippen LogP contribution in [0, 0.1) is 4.84 Å². The van der Waals surface area contributed by atoms with Crippen molar-refractivity contribution >= 4 is 28.9 Å². The summed E-state index contributed by atoms with van der Waals surface area (Å²) < 4.78 is 17.5. The molecular weight excluding hydrogens is 358 g/mol. The number of amides is 1. The van der Waals surface area contributed by atoms with Crippen molar-refractivity contribution < 1.29 is 13.4 Å². The Bertz CT molecular complexity index is 813. The average molecular weight is 380 g/mol. The van der Waals surface area contributed by atoms with Gasteiger partial charge in [0.25, 0.3) is 10.7 Å². The Morgan fingerprint density at radius 3 is 2.72 bits per heavy atom. The van der Waals surface area contributed by atoms with Crippen molar-refractivity contribution in [3.8, 4) is 11.5 Å². The van der Waals surface area contributed by atoms with Gasteiger partial charge in [-0.2, -0.15) is 0 Å². The quantitative estimate of drug-likeness (QED) is 0.779. The molecule has 1 aliphatic rings. The molecule has 134 valence electrons. The number of rotatable bonds is 5. The molecule has 1 heterocycles. The first kappa shape index (κ1) is 18.0. The van der Waals surface area contributed by atoms with Crippen LogP contribution >= 0.6 is 12.2 Å². The van der Waals surface area contributed by atoms with Crippen LogP contribution in [0.15, 0.2) is 28.7 Å². The van der Waals surface area contributed by atoms with Gasteiger partial charge in [0.1, 0.15) is 0 Å². The minimum Gasteiger partial charge on any atom is -0.409 e. The van der Waals surface area contributed by atoms with Crippen molar-refractivity contribution in [3.05, 3.63) is 34.7 Å². The molecule has 0 radical (unpaired) electrons. The van der Waals surface area contributed by atoms with E-state index in [2.05, 4.69) is 15.5 Å². The number of hydrogen-bond donors (Lipinski definition) is 2. The molecule has 3 atom stereocenters. The maximum atomic E-state index is 12.5. The normalized spacial score (nSPS) is 21.6. The lowest BCUT2D eigenvalue weighted by Crippen LogP contribution is -2.47. The highest BCUT2D eigenvalue weighted by Crippen LogP contribution is 2.24. The lowest BCUT2D eigenvalue weighted by molar-refractivity contribution is 0.0929. The topological polar surface area (TPSA) is 88.0 Å². The molecule has 2 N–H and O–H groups in total. The smallest absolute Gasteiger partial charge is 0.284 e. The van der Waals surface area contributed by atoms with Crippen LogP contribution < -0.4 is 5.32 Å². The van der Waals surface area contributed by atoms with E-state index in [1.54, 1.807) is 24.3 Å². The minimum absolute atomic E-state index is 0.0224. The predicted octanol–water partition coefficient (Wildman–Crippen LogP) is 3.21. The molecule has 6 nitrogen and oxygen atoms in total. The van der Waals surface area contributed by atoms with Crippen molar-refractivity contribution in [2.24, 2.45) is 0 Å². The molecule has 3 rings (SSSR count). The molecular formula is C17H21N3O3S2. The summed E-state index contributed by atoms with van der Waals surface area (Å²) >= 11 is 4.86. The second-order valence-electron chi connectivity index (χ2n) is 6.07. The van der Waals surface area contributed by atoms with Gasteiger partial charge in [0.2, 0.25) is 5.89 Å². The molecule has 1 fully saturated rings. The van der Waals surface area contributed by atoms with E-state index in [1.807, 2.05) is 6.92 Å². The fraction of sp³-hybridized carbons (Fsp3) is 0.471. The number of H-pyrrole nitrogens is 1. The molecule has 0 aliphatic heterocycles. The zero-order valence-corrected chi connectivity index (χ0v) is 15.6. The molecule has 1 aliphatic carbocycles. The SMILES string of the molecule is CC[S@](=O)[C@@H]1CCCC[C@H]1NC(=O)c1ccc(-c2n[nH]c(=S)o2)cc1. The Balaban J connectivity index is 1.70. The van der Waals surface area contributed by atoms with E-state index in [-0.39, 0.29) is 22.0 Å². The lowest BCUT2D eigenvalue weighted by atomic mass is 9.94. The Kier molecular flexibility index (Phi) is 5.80. The van der Waals surface area contributed by atoms with Crippen LogP contribution in [0.1, 0.15) is 43.0 Å². The summed E-state index contributed by atoms with van der Waals surface area (Å²) in [5.41, 5.74) is 1.30. The Morgan fingerprint density at radius 1 is 1.36 bits per heavy atom. The summed E-state index contributed by atoms with van der Waals surface area (Å²) in [4.78, 5) is 12.8. The van der Waals surface area contributed by atoms with E-state index in [0.717, 1.165) is 31.2 Å². The first-order valence-electron chi connectivity index (χ1n) is 8.42. The van der Waals surface area contributed by atoms with Crippen LogP contribution in [0.5, 0.6) is 0 Å². The number of nitrogens with one attached hydrogen (secondary N) is 2. The molecule has 0 unspecified atom stereocenters. The number of aromatic amines is 1. The van der Waals surface area contributed by atoms with Crippen LogP contribution in [-0.4, -0.2) is 37.4 Å². The lowest BCUT2D eigenvalue weighted by Gasteiger charge is -2.31. The van der Waals surface area contributed by atoms with Crippen LogP contribution in [0.25, 0.3) is 11.5 Å². The summed E-state index contributed by atoms with van der Waals surface area (Å²) in [5.74, 6) is 0.881. The van der Waals surface area contributed by atoms with Gasteiger partial charge >= 0.3 is 0 Å². The van der Waals surface area contributed by atoms with Gasteiger partial charge in [0, 0.05) is 33.7 Å². The Hall–Kier alpha value is -1.80. The summed E-state index contributed by atoms with van der Waals surface area (Å²) in [7, 11) is -0.891. The van der Waals surface area contributed by atoms with Crippen molar-refractivity contribution in [2.75, 3.05) is 5.75 Å². The van der Waals surface area contributed by atoms with Crippen molar-refractivity contribution in [1.82, 2.24) is 15.5 Å². The van der Waals surface area contributed by atoms with Gasteiger partial charge < -0.3 is 9.73 Å². The highest BCUT2D eigenvalue weighted by atomic mass is 32.2. The number of hydrogen-bond acceptors (Lipinski definition) is 5. The van der Waals surface area contributed by atoms with E-state index in [9.17, 15) is 9.00 Å². The Morgan fingerprint density at radius 2 is 2.08 bits per heavy atom. The fourth-order valence-electron chi connectivity index (χ4n) is 3.16. The summed E-state index contributed by atoms with van der Waals surface area (Å²) in [5, 5.41) is 9.65. The van der Waals surface area contributed by atoms with Gasteiger partial charge in [-0.1, -0.05) is 19.8 Å². The van der Waals surface area contributed by atoms with Gasteiger partial charge in [-0.05, 0) is 49.3 Å². The molecule has 1 aromatic heterocycles. The predicted molar refractivity (Wildman–Crippen MR) is 99.3 cm³/mol. The second kappa shape index (κ2) is 8.05. The van der Waals surface area contributed by atoms with Gasteiger partial charge in [-0.15, -0.1) is 5.10 Å². The number of nitrogens with zero attached hydrogens (tertiary/aromatic N) is 1. The van der Waals surface area contributed by atoms with E-state index in [1.165, 1.54) is 0 Å². The molecule has 8 heteroatoms. The highest BCUT2D eigenvalue weighted by molar-refractivity contribution is 7.85. The van der Waals surface area contributed by atoms with Crippen LogP contribution in [0.3, 0.4) is 0 Å². The Labute approximate surface area is 153 Å². The zero-order chi connectivity index (χ0) is 17.8. The number of carbonyl (C=O) groups excluding carboxylic acids is 1. The van der Waals surface area contributed by atoms with Gasteiger partial charge in [-0.3, -0.25) is 9.00 Å². The summed E-state index contributed by atoms with van der Waals surface area (Å²) in [6.07, 6.45) is 3.93. The van der Waals surface area contributed by atoms with E-state index >= 15 is 0 Å². The number of carbonyl (C=O) groups is 1. The highest BCUT2D eigenvalue weighted by Gasteiger charge is 2.30. The third-order valence-electron chi connectivity index (χ3n) is 4.47. The second-order valence-corrected chi connectivity index (χ2v) is 8.38. The molecule has 0 spiro atoms. The minimum atomic E-state index is -0.891. The van der Waals surface area contributed by atoms with E-state index in [4.69, 9.17) is 16.6 Å². The maximum absolute atomic E-state index is 12.5. The van der Waals surface area contributed by atoms with Crippen LogP contribution in [0.4, 0.5) is 0 Å². The fourth-order valence-corrected chi connectivity index (χ4v) is 4.71. The third kappa shape index (κ3) is 4.24. The van der Waals surface area contributed by atoms with Crippen LogP contribution in [0.2, 0.25) is 0 Å². The maximum Gasteiger partial charge on any atom is 0.284 e. The standard InChI is InChI=1S/C17H21N3O3S2/c1-2-25(22)14-6-4-3-5-13(14)18-15(21)11-7-9-12(10-8-11)16-19-20-17(24)23-16/h7-10,13-14H,2-6H2,1H3,(H,18,21)(H,20,24)/t13-,14-,25+/m1/s1. The van der Waals surface area contributed by atoms with Crippen molar-refractivity contribution in [1.29, 1.82) is 0 Å². The van der Waals surface area contributed by atoms with Crippen molar-refractivity contribution in [3.63, 3.8) is 0 Å². The zero-order valence-electron chi connectivity index (χ0n) is 14.0. The van der Waals surface area contributed by atoms with Gasteiger partial charge in [0.15, 0.2) is 0 Å². The number of benzene rings is 1. The largest absolute Gasteiger partial charge is 0.409 e. The molecule has 2 aromatic rings. The summed E-state index contributed by atoms with van der Waals surface area (Å²) in [6.45, 7) is 1.93. The summed E-state index contributed by atoms with van der Waals surface area (Å²) in [6, 6.07) is 6.97. The van der Waals surface area contributed by atoms with E-state index < -0.39 is 10.8 Å². The molecule has 1 amide bonds. The van der Waals surface area contributed by atoms with Crippen molar-refractivity contribution in [2.45, 2.75) is 43.9 Å². The van der Waals surface area contributed by atoms with Gasteiger partial charge in [-0.25, -0.2) is 5.10 Å². The molecule has 25 heavy (non-hydrogen) atoms. The molecule has 1 aromatic carbocycles. The number of aromatic nitrogens is 2. The van der Waals surface area contributed by atoms with Gasteiger partial charge in [0.05, 0.1) is 5.25 Å². The van der Waals surface area contributed by atoms with Crippen LogP contribution in [-0.2, 0) is 10.8 Å². The first-order valence-corrected chi connectivity index (χ1v) is 10.2. The first-order chi connectivity index (χ1) is 12.1. The third-order valence-corrected chi connectivity index (χ3v) is 6.46. The van der Waals surface area contributed by atoms with E-state index in [0.29, 0.717) is 17.2 Å². The molecule has 0 bridgehead atoms. The average Bonchev–Trinajstić information content (AvgIpc) is 3.08.